The average molecular weight is 381 g/mol. The van der Waals surface area contributed by atoms with Crippen LogP contribution in [0.1, 0.15) is 11.8 Å². The molecule has 0 radical (unpaired) electrons. The van der Waals surface area contributed by atoms with E-state index in [0.29, 0.717) is 17.7 Å². The molecule has 1 aliphatic rings. The van der Waals surface area contributed by atoms with Crippen molar-refractivity contribution in [1.82, 2.24) is 24.8 Å². The standard InChI is InChI=1S/C17H19N9O2/c18-15-13-16(22-8-21-15)26(9-23-13)17-14(27)12(11(28-17)7-24-25-19)20-6-10-4-2-1-3-5-10/h1-5,8-9,11-12,14,17,20,27H,6-7H2,(H2,18,21,22)/t11-,12-,14-,17-/m1/s1. The van der Waals surface area contributed by atoms with E-state index in [1.807, 2.05) is 30.3 Å². The molecule has 11 nitrogen and oxygen atoms in total. The quantitative estimate of drug-likeness (QED) is 0.328. The Balaban J connectivity index is 1.60. The van der Waals surface area contributed by atoms with E-state index in [0.717, 1.165) is 5.56 Å². The van der Waals surface area contributed by atoms with Gasteiger partial charge in [0.2, 0.25) is 0 Å². The molecule has 3 aromatic rings. The second-order valence-corrected chi connectivity index (χ2v) is 6.44. The molecule has 4 atom stereocenters. The Bertz CT molecular complexity index is 1000. The Morgan fingerprint density at radius 3 is 2.89 bits per heavy atom. The first kappa shape index (κ1) is 18.1. The van der Waals surface area contributed by atoms with E-state index in [1.165, 1.54) is 12.7 Å². The van der Waals surface area contributed by atoms with E-state index in [9.17, 15) is 5.11 Å². The molecule has 11 heteroatoms. The van der Waals surface area contributed by atoms with Crippen molar-refractivity contribution in [2.24, 2.45) is 5.11 Å². The van der Waals surface area contributed by atoms with Gasteiger partial charge < -0.3 is 20.9 Å². The number of fused-ring (bicyclic) bond motifs is 1. The number of azide groups is 1. The molecule has 1 saturated heterocycles. The number of rotatable bonds is 6. The fourth-order valence-electron chi connectivity index (χ4n) is 3.39. The molecule has 2 aromatic heterocycles. The van der Waals surface area contributed by atoms with Crippen LogP contribution in [0.2, 0.25) is 0 Å². The number of ether oxygens (including phenoxy) is 1. The number of nitrogen functional groups attached to an aromatic ring is 1. The van der Waals surface area contributed by atoms with Crippen molar-refractivity contribution in [3.63, 3.8) is 0 Å². The second kappa shape index (κ2) is 7.79. The summed E-state index contributed by atoms with van der Waals surface area (Å²) in [6.45, 7) is 0.617. The van der Waals surface area contributed by atoms with Gasteiger partial charge in [-0.15, -0.1) is 0 Å². The van der Waals surface area contributed by atoms with Crippen LogP contribution in [0.15, 0.2) is 48.1 Å². The third kappa shape index (κ3) is 3.35. The van der Waals surface area contributed by atoms with Gasteiger partial charge in [-0.25, -0.2) is 15.0 Å². The summed E-state index contributed by atoms with van der Waals surface area (Å²) in [5, 5.41) is 17.9. The topological polar surface area (TPSA) is 160 Å². The SMILES string of the molecule is [N-]=[N+]=NC[C@H]1O[C@@H](n2cnc3c(N)ncnc32)[C@H](O)[C@@H]1NCc1ccccc1. The third-order valence-corrected chi connectivity index (χ3v) is 4.75. The number of anilines is 1. The van der Waals surface area contributed by atoms with Crippen LogP contribution in [0.5, 0.6) is 0 Å². The number of hydrogen-bond acceptors (Lipinski definition) is 8. The molecule has 0 saturated carbocycles. The van der Waals surface area contributed by atoms with Gasteiger partial charge in [0.05, 0.1) is 25.0 Å². The number of benzene rings is 1. The Kier molecular flexibility index (Phi) is 5.04. The summed E-state index contributed by atoms with van der Waals surface area (Å²) in [5.74, 6) is 0.251. The lowest BCUT2D eigenvalue weighted by Crippen LogP contribution is -2.45. The van der Waals surface area contributed by atoms with E-state index in [4.69, 9.17) is 16.0 Å². The van der Waals surface area contributed by atoms with Crippen molar-refractivity contribution >= 4 is 17.0 Å². The molecular weight excluding hydrogens is 362 g/mol. The molecule has 1 aromatic carbocycles. The molecule has 0 bridgehead atoms. The van der Waals surface area contributed by atoms with Crippen molar-refractivity contribution in [2.75, 3.05) is 12.3 Å². The Hall–Kier alpha value is -3.24. The van der Waals surface area contributed by atoms with Crippen molar-refractivity contribution in [3.8, 4) is 0 Å². The summed E-state index contributed by atoms with van der Waals surface area (Å²) < 4.78 is 7.63. The fraction of sp³-hybridized carbons (Fsp3) is 0.353. The van der Waals surface area contributed by atoms with Crippen molar-refractivity contribution in [3.05, 3.63) is 59.0 Å². The van der Waals surface area contributed by atoms with Crippen LogP contribution in [-0.4, -0.2) is 49.4 Å². The minimum Gasteiger partial charge on any atom is -0.387 e. The van der Waals surface area contributed by atoms with Gasteiger partial charge in [0.25, 0.3) is 0 Å². The number of aliphatic hydroxyl groups excluding tert-OH is 1. The number of aliphatic hydroxyl groups is 1. The zero-order chi connectivity index (χ0) is 19.5. The highest BCUT2D eigenvalue weighted by Gasteiger charge is 2.44. The molecule has 1 aliphatic heterocycles. The maximum Gasteiger partial charge on any atom is 0.167 e. The molecule has 1 fully saturated rings. The predicted molar refractivity (Wildman–Crippen MR) is 101 cm³/mol. The van der Waals surface area contributed by atoms with Crippen LogP contribution < -0.4 is 11.1 Å². The Morgan fingerprint density at radius 2 is 2.11 bits per heavy atom. The molecule has 0 amide bonds. The molecule has 144 valence electrons. The molecule has 3 heterocycles. The van der Waals surface area contributed by atoms with Gasteiger partial charge in [-0.1, -0.05) is 35.4 Å². The molecule has 28 heavy (non-hydrogen) atoms. The van der Waals surface area contributed by atoms with Crippen LogP contribution in [-0.2, 0) is 11.3 Å². The smallest absolute Gasteiger partial charge is 0.167 e. The lowest BCUT2D eigenvalue weighted by molar-refractivity contribution is -0.0321. The highest BCUT2D eigenvalue weighted by molar-refractivity contribution is 5.81. The van der Waals surface area contributed by atoms with Crippen LogP contribution in [0.4, 0.5) is 5.82 Å². The summed E-state index contributed by atoms with van der Waals surface area (Å²) in [6.07, 6.45) is 0.645. The minimum atomic E-state index is -0.920. The first-order valence-electron chi connectivity index (χ1n) is 8.73. The first-order valence-corrected chi connectivity index (χ1v) is 8.73. The highest BCUT2D eigenvalue weighted by Crippen LogP contribution is 2.32. The van der Waals surface area contributed by atoms with Crippen molar-refractivity contribution < 1.29 is 9.84 Å². The van der Waals surface area contributed by atoms with Crippen LogP contribution >= 0.6 is 0 Å². The molecule has 4 N–H and O–H groups in total. The van der Waals surface area contributed by atoms with Crippen molar-refractivity contribution in [2.45, 2.75) is 31.0 Å². The number of nitrogens with zero attached hydrogens (tertiary/aromatic N) is 7. The van der Waals surface area contributed by atoms with E-state index in [1.54, 1.807) is 4.57 Å². The van der Waals surface area contributed by atoms with E-state index in [-0.39, 0.29) is 12.4 Å². The van der Waals surface area contributed by atoms with Gasteiger partial charge in [-0.05, 0) is 11.1 Å². The van der Waals surface area contributed by atoms with Gasteiger partial charge in [0.1, 0.15) is 17.9 Å². The van der Waals surface area contributed by atoms with E-state index in [2.05, 4.69) is 30.3 Å². The maximum absolute atomic E-state index is 11.0. The van der Waals surface area contributed by atoms with E-state index >= 15 is 0 Å². The van der Waals surface area contributed by atoms with Crippen LogP contribution in [0.25, 0.3) is 21.6 Å². The lowest BCUT2D eigenvalue weighted by Gasteiger charge is -2.21. The molecule has 0 spiro atoms. The lowest BCUT2D eigenvalue weighted by atomic mass is 10.1. The first-order chi connectivity index (χ1) is 13.7. The highest BCUT2D eigenvalue weighted by atomic mass is 16.5. The Labute approximate surface area is 159 Å². The molecule has 4 rings (SSSR count). The molecule has 0 unspecified atom stereocenters. The monoisotopic (exact) mass is 381 g/mol. The zero-order valence-electron chi connectivity index (χ0n) is 14.8. The van der Waals surface area contributed by atoms with E-state index < -0.39 is 24.5 Å². The van der Waals surface area contributed by atoms with Gasteiger partial charge in [0, 0.05) is 11.5 Å². The molecular formula is C17H19N9O2. The van der Waals surface area contributed by atoms with Crippen LogP contribution in [0.3, 0.4) is 0 Å². The summed E-state index contributed by atoms with van der Waals surface area (Å²) in [5.41, 5.74) is 16.5. The number of nitrogens with two attached hydrogens (primary N) is 1. The average Bonchev–Trinajstić information content (AvgIpc) is 3.27. The summed E-state index contributed by atoms with van der Waals surface area (Å²) in [6, 6.07) is 9.35. The Morgan fingerprint density at radius 1 is 1.29 bits per heavy atom. The van der Waals surface area contributed by atoms with Gasteiger partial charge in [-0.3, -0.25) is 4.57 Å². The third-order valence-electron chi connectivity index (χ3n) is 4.75. The van der Waals surface area contributed by atoms with Gasteiger partial charge in [-0.2, -0.15) is 0 Å². The van der Waals surface area contributed by atoms with Gasteiger partial charge >= 0.3 is 0 Å². The molecule has 0 aliphatic carbocycles. The minimum absolute atomic E-state index is 0.0836. The normalized spacial score (nSPS) is 24.3. The fourth-order valence-corrected chi connectivity index (χ4v) is 3.39. The van der Waals surface area contributed by atoms with Crippen LogP contribution in [0, 0.1) is 0 Å². The number of hydrogen-bond donors (Lipinski definition) is 3. The predicted octanol–water partition coefficient (Wildman–Crippen LogP) is 1.14. The van der Waals surface area contributed by atoms with Gasteiger partial charge in [0.15, 0.2) is 17.7 Å². The largest absolute Gasteiger partial charge is 0.387 e. The second-order valence-electron chi connectivity index (χ2n) is 6.44. The number of imidazole rings is 1. The number of aromatic nitrogens is 4. The zero-order valence-corrected chi connectivity index (χ0v) is 14.8. The van der Waals surface area contributed by atoms with Crippen molar-refractivity contribution in [1.29, 1.82) is 0 Å². The summed E-state index contributed by atoms with van der Waals surface area (Å²) in [4.78, 5) is 15.2. The maximum atomic E-state index is 11.0. The number of nitrogens with one attached hydrogen (secondary N) is 1. The summed E-state index contributed by atoms with van der Waals surface area (Å²) >= 11 is 0. The summed E-state index contributed by atoms with van der Waals surface area (Å²) in [7, 11) is 0.